The van der Waals surface area contributed by atoms with Crippen molar-refractivity contribution in [2.45, 2.75) is 46.7 Å². The Labute approximate surface area is 103 Å². The lowest BCUT2D eigenvalue weighted by Crippen LogP contribution is -2.35. The highest BCUT2D eigenvalue weighted by Crippen LogP contribution is 2.21. The molecule has 1 aromatic heterocycles. The smallest absolute Gasteiger partial charge is 0.0461 e. The summed E-state index contributed by atoms with van der Waals surface area (Å²) in [5.41, 5.74) is 5.31. The maximum absolute atomic E-state index is 3.50. The van der Waals surface area contributed by atoms with E-state index in [9.17, 15) is 0 Å². The van der Waals surface area contributed by atoms with Crippen molar-refractivity contribution in [1.82, 2.24) is 10.3 Å². The lowest BCUT2D eigenvalue weighted by Gasteiger charge is -2.19. The quantitative estimate of drug-likeness (QED) is 0.809. The van der Waals surface area contributed by atoms with E-state index in [1.807, 2.05) is 0 Å². The second kappa shape index (κ2) is 4.19. The molecule has 0 unspecified atom stereocenters. The maximum Gasteiger partial charge on any atom is 0.0461 e. The Morgan fingerprint density at radius 2 is 1.82 bits per heavy atom. The first-order chi connectivity index (χ1) is 7.85. The molecule has 2 nitrogen and oxygen atoms in total. The summed E-state index contributed by atoms with van der Waals surface area (Å²) in [6, 6.07) is 6.70. The van der Waals surface area contributed by atoms with Crippen LogP contribution in [0.2, 0.25) is 0 Å². The van der Waals surface area contributed by atoms with Gasteiger partial charge in [0.25, 0.3) is 0 Å². The van der Waals surface area contributed by atoms with Gasteiger partial charge >= 0.3 is 0 Å². The summed E-state index contributed by atoms with van der Waals surface area (Å²) in [4.78, 5) is 3.49. The maximum atomic E-state index is 3.50. The van der Waals surface area contributed by atoms with Crippen LogP contribution in [0.25, 0.3) is 10.9 Å². The minimum atomic E-state index is 0.155. The van der Waals surface area contributed by atoms with Crippen molar-refractivity contribution in [2.24, 2.45) is 0 Å². The number of rotatable bonds is 2. The van der Waals surface area contributed by atoms with Gasteiger partial charge in [-0.1, -0.05) is 6.07 Å². The van der Waals surface area contributed by atoms with Gasteiger partial charge in [-0.2, -0.15) is 0 Å². The highest BCUT2D eigenvalue weighted by atomic mass is 15.0. The summed E-state index contributed by atoms with van der Waals surface area (Å²) >= 11 is 0. The first-order valence-electron chi connectivity index (χ1n) is 6.19. The number of benzene rings is 1. The minimum Gasteiger partial charge on any atom is -0.357 e. The van der Waals surface area contributed by atoms with Crippen molar-refractivity contribution in [2.75, 3.05) is 0 Å². The van der Waals surface area contributed by atoms with E-state index in [0.29, 0.717) is 0 Å². The molecule has 0 aliphatic rings. The van der Waals surface area contributed by atoms with Crippen molar-refractivity contribution in [3.63, 3.8) is 0 Å². The second-order valence-electron chi connectivity index (χ2n) is 5.94. The van der Waals surface area contributed by atoms with Crippen molar-refractivity contribution >= 4 is 10.9 Å². The van der Waals surface area contributed by atoms with Crippen LogP contribution in [0.1, 0.15) is 37.6 Å². The average Bonchev–Trinajstić information content (AvgIpc) is 2.56. The molecule has 0 fully saturated rings. The SMILES string of the molecule is Cc1cc(C)c2cc(CNC(C)(C)C)[nH]c2c1. The average molecular weight is 230 g/mol. The van der Waals surface area contributed by atoms with Crippen LogP contribution in [-0.4, -0.2) is 10.5 Å². The van der Waals surface area contributed by atoms with Gasteiger partial charge in [0.15, 0.2) is 0 Å². The number of aryl methyl sites for hydroxylation is 2. The Morgan fingerprint density at radius 3 is 2.47 bits per heavy atom. The molecule has 1 heterocycles. The predicted octanol–water partition coefficient (Wildman–Crippen LogP) is 3.67. The zero-order chi connectivity index (χ0) is 12.6. The second-order valence-corrected chi connectivity index (χ2v) is 5.94. The van der Waals surface area contributed by atoms with E-state index in [4.69, 9.17) is 0 Å². The topological polar surface area (TPSA) is 27.8 Å². The van der Waals surface area contributed by atoms with Gasteiger partial charge in [-0.3, -0.25) is 0 Å². The van der Waals surface area contributed by atoms with Crippen LogP contribution in [0, 0.1) is 13.8 Å². The normalized spacial score (nSPS) is 12.3. The van der Waals surface area contributed by atoms with Gasteiger partial charge in [-0.05, 0) is 57.9 Å². The molecule has 0 spiro atoms. The molecule has 0 aliphatic heterocycles. The Balaban J connectivity index is 2.29. The molecule has 0 bridgehead atoms. The standard InChI is InChI=1S/C15H22N2/c1-10-6-11(2)13-8-12(17-14(13)7-10)9-16-15(3,4)5/h6-8,16-17H,9H2,1-5H3. The molecular weight excluding hydrogens is 208 g/mol. The summed E-state index contributed by atoms with van der Waals surface area (Å²) in [6.07, 6.45) is 0. The molecule has 2 heteroatoms. The van der Waals surface area contributed by atoms with E-state index < -0.39 is 0 Å². The van der Waals surface area contributed by atoms with E-state index in [-0.39, 0.29) is 5.54 Å². The fourth-order valence-electron chi connectivity index (χ4n) is 2.11. The number of hydrogen-bond acceptors (Lipinski definition) is 1. The van der Waals surface area contributed by atoms with Crippen LogP contribution in [0.5, 0.6) is 0 Å². The molecule has 1 aromatic carbocycles. The van der Waals surface area contributed by atoms with Crippen LogP contribution in [0.4, 0.5) is 0 Å². The van der Waals surface area contributed by atoms with Gasteiger partial charge in [-0.25, -0.2) is 0 Å². The summed E-state index contributed by atoms with van der Waals surface area (Å²) in [5, 5.41) is 4.84. The molecular formula is C15H22N2. The molecule has 2 N–H and O–H groups in total. The van der Waals surface area contributed by atoms with E-state index in [1.54, 1.807) is 0 Å². The number of aromatic amines is 1. The molecule has 92 valence electrons. The first kappa shape index (κ1) is 12.2. The molecule has 2 aromatic rings. The van der Waals surface area contributed by atoms with Crippen molar-refractivity contribution in [3.8, 4) is 0 Å². The molecule has 0 radical (unpaired) electrons. The summed E-state index contributed by atoms with van der Waals surface area (Å²) in [5.74, 6) is 0. The highest BCUT2D eigenvalue weighted by Gasteiger charge is 2.10. The fraction of sp³-hybridized carbons (Fsp3) is 0.467. The molecule has 0 amide bonds. The van der Waals surface area contributed by atoms with Crippen LogP contribution in [-0.2, 0) is 6.54 Å². The molecule has 0 saturated carbocycles. The van der Waals surface area contributed by atoms with Crippen LogP contribution in [0.3, 0.4) is 0 Å². The third-order valence-corrected chi connectivity index (χ3v) is 2.95. The monoisotopic (exact) mass is 230 g/mol. The zero-order valence-corrected chi connectivity index (χ0v) is 11.4. The largest absolute Gasteiger partial charge is 0.357 e. The fourth-order valence-corrected chi connectivity index (χ4v) is 2.11. The van der Waals surface area contributed by atoms with Gasteiger partial charge in [0, 0.05) is 28.7 Å². The minimum absolute atomic E-state index is 0.155. The third kappa shape index (κ3) is 2.89. The van der Waals surface area contributed by atoms with Crippen molar-refractivity contribution < 1.29 is 0 Å². The third-order valence-electron chi connectivity index (χ3n) is 2.95. The summed E-state index contributed by atoms with van der Waals surface area (Å²) < 4.78 is 0. The van der Waals surface area contributed by atoms with Crippen molar-refractivity contribution in [1.29, 1.82) is 0 Å². The number of aromatic nitrogens is 1. The van der Waals surface area contributed by atoms with Crippen molar-refractivity contribution in [3.05, 3.63) is 35.0 Å². The van der Waals surface area contributed by atoms with Crippen LogP contribution in [0.15, 0.2) is 18.2 Å². The highest BCUT2D eigenvalue weighted by molar-refractivity contribution is 5.84. The Hall–Kier alpha value is -1.28. The lowest BCUT2D eigenvalue weighted by molar-refractivity contribution is 0.422. The first-order valence-corrected chi connectivity index (χ1v) is 6.19. The van der Waals surface area contributed by atoms with E-state index in [1.165, 1.54) is 27.7 Å². The molecule has 17 heavy (non-hydrogen) atoms. The van der Waals surface area contributed by atoms with E-state index in [0.717, 1.165) is 6.54 Å². The Morgan fingerprint density at radius 1 is 1.12 bits per heavy atom. The van der Waals surface area contributed by atoms with Gasteiger partial charge in [0.2, 0.25) is 0 Å². The summed E-state index contributed by atoms with van der Waals surface area (Å²) in [7, 11) is 0. The van der Waals surface area contributed by atoms with E-state index >= 15 is 0 Å². The number of nitrogens with one attached hydrogen (secondary N) is 2. The summed E-state index contributed by atoms with van der Waals surface area (Å²) in [6.45, 7) is 11.8. The van der Waals surface area contributed by atoms with Gasteiger partial charge in [0.1, 0.15) is 0 Å². The lowest BCUT2D eigenvalue weighted by atomic mass is 10.1. The van der Waals surface area contributed by atoms with Gasteiger partial charge in [0.05, 0.1) is 0 Å². The molecule has 0 atom stereocenters. The molecule has 0 saturated heterocycles. The van der Waals surface area contributed by atoms with E-state index in [2.05, 4.69) is 63.1 Å². The van der Waals surface area contributed by atoms with Crippen LogP contribution >= 0.6 is 0 Å². The molecule has 0 aliphatic carbocycles. The van der Waals surface area contributed by atoms with Gasteiger partial charge < -0.3 is 10.3 Å². The van der Waals surface area contributed by atoms with Gasteiger partial charge in [-0.15, -0.1) is 0 Å². The predicted molar refractivity (Wildman–Crippen MR) is 74.4 cm³/mol. The number of fused-ring (bicyclic) bond motifs is 1. The number of H-pyrrole nitrogens is 1. The number of hydrogen-bond donors (Lipinski definition) is 2. The zero-order valence-electron chi connectivity index (χ0n) is 11.4. The molecule has 2 rings (SSSR count). The van der Waals surface area contributed by atoms with Crippen LogP contribution < -0.4 is 5.32 Å². The Bertz CT molecular complexity index is 530. The Kier molecular flexibility index (Phi) is 3.00.